The van der Waals surface area contributed by atoms with Gasteiger partial charge in [-0.2, -0.15) is 9.97 Å². The molecule has 9 heteroatoms. The van der Waals surface area contributed by atoms with E-state index in [0.717, 1.165) is 0 Å². The lowest BCUT2D eigenvalue weighted by atomic mass is 10.5. The van der Waals surface area contributed by atoms with Gasteiger partial charge in [-0.15, -0.1) is 0 Å². The van der Waals surface area contributed by atoms with Gasteiger partial charge in [-0.25, -0.2) is 4.98 Å². The molecule has 9 nitrogen and oxygen atoms in total. The first-order valence-electron chi connectivity index (χ1n) is 5.32. The molecular formula is C9H12N6O3. The van der Waals surface area contributed by atoms with Crippen molar-refractivity contribution in [2.24, 2.45) is 0 Å². The number of nitrogens with two attached hydrogens (primary N) is 2. The highest BCUT2D eigenvalue weighted by Gasteiger charge is 2.28. The molecule has 1 saturated heterocycles. The largest absolute Gasteiger partial charge is 0.391 e. The van der Waals surface area contributed by atoms with E-state index in [1.807, 2.05) is 0 Å². The third kappa shape index (κ3) is 1.65. The summed E-state index contributed by atoms with van der Waals surface area (Å²) in [6.07, 6.45) is 0.480. The summed E-state index contributed by atoms with van der Waals surface area (Å²) in [4.78, 5) is 12.0. The molecule has 2 aromatic rings. The summed E-state index contributed by atoms with van der Waals surface area (Å²) in [5.74, 6) is 0.285. The van der Waals surface area contributed by atoms with Crippen LogP contribution in [0.2, 0.25) is 0 Å². The minimum atomic E-state index is -0.635. The van der Waals surface area contributed by atoms with Crippen LogP contribution in [0, 0.1) is 0 Å². The van der Waals surface area contributed by atoms with E-state index < -0.39 is 12.5 Å². The normalized spacial score (nSPS) is 23.8. The number of aliphatic hydroxyl groups is 1. The van der Waals surface area contributed by atoms with Crippen molar-refractivity contribution in [2.75, 3.05) is 24.7 Å². The summed E-state index contributed by atoms with van der Waals surface area (Å²) in [5.41, 5.74) is 12.2. The Bertz CT molecular complexity index is 585. The Morgan fingerprint density at radius 1 is 1.44 bits per heavy atom. The molecule has 1 aliphatic heterocycles. The van der Waals surface area contributed by atoms with Crippen molar-refractivity contribution in [1.29, 1.82) is 0 Å². The van der Waals surface area contributed by atoms with Crippen LogP contribution in [0.3, 0.4) is 0 Å². The van der Waals surface area contributed by atoms with Crippen molar-refractivity contribution in [3.05, 3.63) is 6.33 Å². The SMILES string of the molecule is Nc1nc(N)c2ncn([C@H]3CO[C@H](CO)O3)c2n1. The lowest BCUT2D eigenvalue weighted by molar-refractivity contribution is -0.0980. The van der Waals surface area contributed by atoms with Crippen molar-refractivity contribution in [3.8, 4) is 0 Å². The molecule has 2 atom stereocenters. The van der Waals surface area contributed by atoms with E-state index in [1.165, 1.54) is 6.33 Å². The van der Waals surface area contributed by atoms with Crippen molar-refractivity contribution < 1.29 is 14.6 Å². The standard InChI is InChI=1S/C9H12N6O3/c10-7-6-8(14-9(11)13-7)15(3-12-6)4-2-17-5(1-16)18-4/h3-5,16H,1-2H2,(H4,10,11,13,14)/t4-,5+/m1/s1. The second kappa shape index (κ2) is 4.05. The van der Waals surface area contributed by atoms with Gasteiger partial charge in [-0.1, -0.05) is 0 Å². The number of ether oxygens (including phenoxy) is 2. The Morgan fingerprint density at radius 3 is 3.00 bits per heavy atom. The number of aliphatic hydroxyl groups excluding tert-OH is 1. The van der Waals surface area contributed by atoms with E-state index in [4.69, 9.17) is 26.0 Å². The first kappa shape index (κ1) is 11.1. The maximum atomic E-state index is 8.94. The zero-order valence-corrected chi connectivity index (χ0v) is 9.35. The molecule has 5 N–H and O–H groups in total. The molecule has 2 aromatic heterocycles. The molecule has 0 bridgehead atoms. The fourth-order valence-corrected chi connectivity index (χ4v) is 1.85. The van der Waals surface area contributed by atoms with Gasteiger partial charge in [0, 0.05) is 0 Å². The van der Waals surface area contributed by atoms with Crippen molar-refractivity contribution in [2.45, 2.75) is 12.5 Å². The third-order valence-corrected chi connectivity index (χ3v) is 2.66. The molecule has 0 amide bonds. The van der Waals surface area contributed by atoms with E-state index in [1.54, 1.807) is 4.57 Å². The van der Waals surface area contributed by atoms with Gasteiger partial charge in [0.1, 0.15) is 5.52 Å². The number of nitrogen functional groups attached to an aromatic ring is 2. The van der Waals surface area contributed by atoms with Gasteiger partial charge in [0.15, 0.2) is 24.0 Å². The number of fused-ring (bicyclic) bond motifs is 1. The van der Waals surface area contributed by atoms with Crippen LogP contribution >= 0.6 is 0 Å². The van der Waals surface area contributed by atoms with E-state index in [9.17, 15) is 0 Å². The van der Waals surface area contributed by atoms with Gasteiger partial charge in [0.05, 0.1) is 19.5 Å². The Balaban J connectivity index is 2.03. The summed E-state index contributed by atoms with van der Waals surface area (Å²) in [6, 6.07) is 0. The highest BCUT2D eigenvalue weighted by Crippen LogP contribution is 2.26. The number of anilines is 2. The molecule has 1 fully saturated rings. The van der Waals surface area contributed by atoms with Crippen LogP contribution in [0.25, 0.3) is 11.2 Å². The molecule has 0 saturated carbocycles. The average molecular weight is 252 g/mol. The number of hydrogen-bond donors (Lipinski definition) is 3. The molecule has 3 heterocycles. The number of hydrogen-bond acceptors (Lipinski definition) is 8. The van der Waals surface area contributed by atoms with Gasteiger partial charge in [-0.05, 0) is 0 Å². The summed E-state index contributed by atoms with van der Waals surface area (Å²) in [5, 5.41) is 8.94. The number of aromatic nitrogens is 4. The fourth-order valence-electron chi connectivity index (χ4n) is 1.85. The third-order valence-electron chi connectivity index (χ3n) is 2.66. The Morgan fingerprint density at radius 2 is 2.28 bits per heavy atom. The summed E-state index contributed by atoms with van der Waals surface area (Å²) < 4.78 is 12.3. The van der Waals surface area contributed by atoms with Crippen LogP contribution < -0.4 is 11.5 Å². The number of nitrogens with zero attached hydrogens (tertiary/aromatic N) is 4. The van der Waals surface area contributed by atoms with Crippen molar-refractivity contribution >= 4 is 22.9 Å². The quantitative estimate of drug-likeness (QED) is 0.610. The number of imidazole rings is 1. The van der Waals surface area contributed by atoms with Gasteiger partial charge >= 0.3 is 0 Å². The highest BCUT2D eigenvalue weighted by molar-refractivity contribution is 5.82. The summed E-state index contributed by atoms with van der Waals surface area (Å²) in [6.45, 7) is 0.0862. The molecule has 0 unspecified atom stereocenters. The predicted molar refractivity (Wildman–Crippen MR) is 61.1 cm³/mol. The smallest absolute Gasteiger partial charge is 0.224 e. The molecular weight excluding hydrogens is 240 g/mol. The minimum Gasteiger partial charge on any atom is -0.391 e. The topological polar surface area (TPSA) is 134 Å². The minimum absolute atomic E-state index is 0.0689. The van der Waals surface area contributed by atoms with Crippen LogP contribution in [0.15, 0.2) is 6.33 Å². The molecule has 18 heavy (non-hydrogen) atoms. The zero-order valence-electron chi connectivity index (χ0n) is 9.35. The molecule has 0 aliphatic carbocycles. The van der Waals surface area contributed by atoms with Crippen molar-refractivity contribution in [3.63, 3.8) is 0 Å². The van der Waals surface area contributed by atoms with Gasteiger partial charge in [0.25, 0.3) is 0 Å². The first-order chi connectivity index (χ1) is 8.69. The first-order valence-corrected chi connectivity index (χ1v) is 5.32. The van der Waals surface area contributed by atoms with Crippen LogP contribution in [0.4, 0.5) is 11.8 Å². The second-order valence-electron chi connectivity index (χ2n) is 3.83. The fraction of sp³-hybridized carbons (Fsp3) is 0.444. The van der Waals surface area contributed by atoms with E-state index in [2.05, 4.69) is 15.0 Å². The van der Waals surface area contributed by atoms with Gasteiger partial charge < -0.3 is 26.0 Å². The van der Waals surface area contributed by atoms with Crippen LogP contribution in [-0.2, 0) is 9.47 Å². The molecule has 96 valence electrons. The van der Waals surface area contributed by atoms with E-state index in [0.29, 0.717) is 17.8 Å². The zero-order chi connectivity index (χ0) is 12.7. The molecule has 1 aliphatic rings. The monoisotopic (exact) mass is 252 g/mol. The van der Waals surface area contributed by atoms with E-state index >= 15 is 0 Å². The van der Waals surface area contributed by atoms with Crippen LogP contribution in [0.5, 0.6) is 0 Å². The Kier molecular flexibility index (Phi) is 2.51. The summed E-state index contributed by atoms with van der Waals surface area (Å²) in [7, 11) is 0. The maximum Gasteiger partial charge on any atom is 0.224 e. The maximum absolute atomic E-state index is 8.94. The van der Waals surface area contributed by atoms with Gasteiger partial charge in [-0.3, -0.25) is 4.57 Å². The lowest BCUT2D eigenvalue weighted by Gasteiger charge is -2.11. The van der Waals surface area contributed by atoms with Crippen LogP contribution in [-0.4, -0.2) is 44.1 Å². The molecule has 0 spiro atoms. The van der Waals surface area contributed by atoms with Crippen LogP contribution in [0.1, 0.15) is 6.23 Å². The lowest BCUT2D eigenvalue weighted by Crippen LogP contribution is -2.15. The second-order valence-corrected chi connectivity index (χ2v) is 3.83. The van der Waals surface area contributed by atoms with Crippen molar-refractivity contribution in [1.82, 2.24) is 19.5 Å². The van der Waals surface area contributed by atoms with Gasteiger partial charge in [0.2, 0.25) is 5.95 Å². The number of rotatable bonds is 2. The van der Waals surface area contributed by atoms with E-state index in [-0.39, 0.29) is 18.4 Å². The molecule has 0 radical (unpaired) electrons. The predicted octanol–water partition coefficient (Wildman–Crippen LogP) is -1.15. The Labute approximate surface area is 101 Å². The Hall–Kier alpha value is -1.97. The molecule has 3 rings (SSSR count). The average Bonchev–Trinajstić information content (AvgIpc) is 2.93. The molecule has 0 aromatic carbocycles. The summed E-state index contributed by atoms with van der Waals surface area (Å²) >= 11 is 0. The highest BCUT2D eigenvalue weighted by atomic mass is 16.7.